The van der Waals surface area contributed by atoms with Crippen LogP contribution in [0.4, 0.5) is 24.5 Å². The van der Waals surface area contributed by atoms with Gasteiger partial charge in [-0.2, -0.15) is 13.2 Å². The van der Waals surface area contributed by atoms with Crippen LogP contribution in [-0.4, -0.2) is 18.1 Å². The molecule has 134 valence electrons. The standard InChI is InChI=1S/C18H12ClF3N2O2/c1-26-17(25)10-3-2-4-11(7-10)24-15-5-6-23-16-9-13(18(20,21)22)14(19)8-12(15)16/h2-9H,1H3,(H,23,24). The number of pyridine rings is 1. The minimum Gasteiger partial charge on any atom is -0.465 e. The smallest absolute Gasteiger partial charge is 0.417 e. The summed E-state index contributed by atoms with van der Waals surface area (Å²) in [6.45, 7) is 0. The molecular formula is C18H12ClF3N2O2. The Morgan fingerprint density at radius 3 is 2.65 bits per heavy atom. The molecule has 0 aliphatic heterocycles. The Balaban J connectivity index is 2.04. The Morgan fingerprint density at radius 1 is 1.19 bits per heavy atom. The van der Waals surface area contributed by atoms with Gasteiger partial charge in [-0.3, -0.25) is 4.98 Å². The number of fused-ring (bicyclic) bond motifs is 1. The molecule has 0 saturated carbocycles. The molecule has 0 radical (unpaired) electrons. The molecule has 0 amide bonds. The molecule has 0 aliphatic rings. The topological polar surface area (TPSA) is 51.2 Å². The number of esters is 1. The van der Waals surface area contributed by atoms with Crippen LogP contribution >= 0.6 is 11.6 Å². The zero-order chi connectivity index (χ0) is 18.9. The van der Waals surface area contributed by atoms with Crippen molar-refractivity contribution in [1.82, 2.24) is 4.98 Å². The van der Waals surface area contributed by atoms with E-state index in [1.54, 1.807) is 30.3 Å². The summed E-state index contributed by atoms with van der Waals surface area (Å²) in [4.78, 5) is 15.6. The second-order valence-electron chi connectivity index (χ2n) is 5.40. The number of alkyl halides is 3. The second-order valence-corrected chi connectivity index (χ2v) is 5.81. The number of benzene rings is 2. The number of halogens is 4. The maximum Gasteiger partial charge on any atom is 0.417 e. The molecule has 1 aromatic heterocycles. The predicted octanol–water partition coefficient (Wildman–Crippen LogP) is 5.44. The molecule has 1 N–H and O–H groups in total. The van der Waals surface area contributed by atoms with E-state index in [1.165, 1.54) is 19.4 Å². The first kappa shape index (κ1) is 18.0. The highest BCUT2D eigenvalue weighted by atomic mass is 35.5. The lowest BCUT2D eigenvalue weighted by molar-refractivity contribution is -0.137. The van der Waals surface area contributed by atoms with Gasteiger partial charge < -0.3 is 10.1 Å². The number of aromatic nitrogens is 1. The average molecular weight is 381 g/mol. The molecule has 0 bridgehead atoms. The molecule has 8 heteroatoms. The molecule has 0 spiro atoms. The fourth-order valence-corrected chi connectivity index (χ4v) is 2.76. The van der Waals surface area contributed by atoms with Crippen LogP contribution in [0.5, 0.6) is 0 Å². The minimum atomic E-state index is -4.56. The van der Waals surface area contributed by atoms with Gasteiger partial charge in [0.2, 0.25) is 0 Å². The SMILES string of the molecule is COC(=O)c1cccc(Nc2ccnc3cc(C(F)(F)F)c(Cl)cc23)c1. The minimum absolute atomic E-state index is 0.149. The van der Waals surface area contributed by atoms with Crippen LogP contribution < -0.4 is 5.32 Å². The van der Waals surface area contributed by atoms with Crippen molar-refractivity contribution < 1.29 is 22.7 Å². The van der Waals surface area contributed by atoms with Gasteiger partial charge in [-0.25, -0.2) is 4.79 Å². The lowest BCUT2D eigenvalue weighted by Gasteiger charge is -2.13. The van der Waals surface area contributed by atoms with E-state index >= 15 is 0 Å². The number of carbonyl (C=O) groups is 1. The third-order valence-corrected chi connectivity index (χ3v) is 4.01. The van der Waals surface area contributed by atoms with E-state index in [0.29, 0.717) is 22.3 Å². The van der Waals surface area contributed by atoms with Gasteiger partial charge in [0.15, 0.2) is 0 Å². The Kier molecular flexibility index (Phi) is 4.73. The zero-order valence-electron chi connectivity index (χ0n) is 13.4. The molecule has 3 rings (SSSR count). The fraction of sp³-hybridized carbons (Fsp3) is 0.111. The van der Waals surface area contributed by atoms with Gasteiger partial charge >= 0.3 is 12.1 Å². The van der Waals surface area contributed by atoms with Crippen LogP contribution in [0.3, 0.4) is 0 Å². The molecule has 1 heterocycles. The molecule has 3 aromatic rings. The summed E-state index contributed by atoms with van der Waals surface area (Å²) in [5.74, 6) is -0.494. The number of methoxy groups -OCH3 is 1. The number of anilines is 2. The van der Waals surface area contributed by atoms with Gasteiger partial charge in [0.25, 0.3) is 0 Å². The fourth-order valence-electron chi connectivity index (χ4n) is 2.49. The number of ether oxygens (including phenoxy) is 1. The van der Waals surface area contributed by atoms with Crippen LogP contribution in [0, 0.1) is 0 Å². The van der Waals surface area contributed by atoms with E-state index in [-0.39, 0.29) is 5.52 Å². The number of hydrogen-bond donors (Lipinski definition) is 1. The van der Waals surface area contributed by atoms with Crippen LogP contribution in [0.25, 0.3) is 10.9 Å². The summed E-state index contributed by atoms with van der Waals surface area (Å²) in [5.41, 5.74) is 0.622. The molecule has 2 aromatic carbocycles. The highest BCUT2D eigenvalue weighted by molar-refractivity contribution is 6.32. The highest BCUT2D eigenvalue weighted by Gasteiger charge is 2.33. The Hall–Kier alpha value is -2.80. The van der Waals surface area contributed by atoms with Crippen LogP contribution in [0.15, 0.2) is 48.7 Å². The molecule has 0 atom stereocenters. The average Bonchev–Trinajstić information content (AvgIpc) is 2.60. The van der Waals surface area contributed by atoms with Crippen molar-refractivity contribution >= 4 is 39.8 Å². The summed E-state index contributed by atoms with van der Waals surface area (Å²) >= 11 is 5.81. The maximum atomic E-state index is 13.0. The second kappa shape index (κ2) is 6.84. The van der Waals surface area contributed by atoms with E-state index < -0.39 is 22.7 Å². The predicted molar refractivity (Wildman–Crippen MR) is 92.8 cm³/mol. The lowest BCUT2D eigenvalue weighted by atomic mass is 10.1. The van der Waals surface area contributed by atoms with E-state index in [9.17, 15) is 18.0 Å². The van der Waals surface area contributed by atoms with Gasteiger partial charge in [-0.05, 0) is 36.4 Å². The highest BCUT2D eigenvalue weighted by Crippen LogP contribution is 2.38. The largest absolute Gasteiger partial charge is 0.465 e. The quantitative estimate of drug-likeness (QED) is 0.615. The number of rotatable bonds is 3. The van der Waals surface area contributed by atoms with Crippen LogP contribution in [0.1, 0.15) is 15.9 Å². The maximum absolute atomic E-state index is 13.0. The number of hydrogen-bond acceptors (Lipinski definition) is 4. The first-order valence-electron chi connectivity index (χ1n) is 7.40. The Bertz CT molecular complexity index is 990. The van der Waals surface area contributed by atoms with Gasteiger partial charge in [0, 0.05) is 23.0 Å². The van der Waals surface area contributed by atoms with Gasteiger partial charge in [0.1, 0.15) is 0 Å². The van der Waals surface area contributed by atoms with E-state index in [1.807, 2.05) is 0 Å². The molecule has 0 saturated heterocycles. The van der Waals surface area contributed by atoms with E-state index in [2.05, 4.69) is 15.0 Å². The molecule has 4 nitrogen and oxygen atoms in total. The summed E-state index contributed by atoms with van der Waals surface area (Å²) in [6.07, 6.45) is -3.17. The van der Waals surface area contributed by atoms with Crippen molar-refractivity contribution in [2.45, 2.75) is 6.18 Å². The van der Waals surface area contributed by atoms with Crippen molar-refractivity contribution in [3.63, 3.8) is 0 Å². The summed E-state index contributed by atoms with van der Waals surface area (Å²) in [6, 6.07) is 10.3. The number of carbonyl (C=O) groups excluding carboxylic acids is 1. The van der Waals surface area contributed by atoms with Crippen molar-refractivity contribution in [3.8, 4) is 0 Å². The molecular weight excluding hydrogens is 369 g/mol. The zero-order valence-corrected chi connectivity index (χ0v) is 14.2. The molecule has 0 unspecified atom stereocenters. The normalized spacial score (nSPS) is 11.4. The summed E-state index contributed by atoms with van der Waals surface area (Å²) < 4.78 is 43.7. The summed E-state index contributed by atoms with van der Waals surface area (Å²) in [7, 11) is 1.28. The first-order chi connectivity index (χ1) is 12.3. The lowest BCUT2D eigenvalue weighted by Crippen LogP contribution is -2.06. The van der Waals surface area contributed by atoms with Crippen molar-refractivity contribution in [1.29, 1.82) is 0 Å². The van der Waals surface area contributed by atoms with Crippen LogP contribution in [0.2, 0.25) is 5.02 Å². The third kappa shape index (κ3) is 3.57. The van der Waals surface area contributed by atoms with Crippen molar-refractivity contribution in [3.05, 3.63) is 64.8 Å². The number of nitrogens with one attached hydrogen (secondary N) is 1. The summed E-state index contributed by atoms with van der Waals surface area (Å²) in [5, 5.41) is 3.08. The van der Waals surface area contributed by atoms with Crippen molar-refractivity contribution in [2.24, 2.45) is 0 Å². The third-order valence-electron chi connectivity index (χ3n) is 3.70. The molecule has 26 heavy (non-hydrogen) atoms. The first-order valence-corrected chi connectivity index (χ1v) is 7.78. The van der Waals surface area contributed by atoms with Crippen molar-refractivity contribution in [2.75, 3.05) is 12.4 Å². The Morgan fingerprint density at radius 2 is 1.96 bits per heavy atom. The Labute approximate surface area is 151 Å². The van der Waals surface area contributed by atoms with E-state index in [0.717, 1.165) is 6.07 Å². The molecule has 0 fully saturated rings. The van der Waals surface area contributed by atoms with Gasteiger partial charge in [-0.1, -0.05) is 17.7 Å². The molecule has 0 aliphatic carbocycles. The van der Waals surface area contributed by atoms with E-state index in [4.69, 9.17) is 11.6 Å². The van der Waals surface area contributed by atoms with Gasteiger partial charge in [-0.15, -0.1) is 0 Å². The monoisotopic (exact) mass is 380 g/mol. The van der Waals surface area contributed by atoms with Gasteiger partial charge in [0.05, 0.1) is 28.8 Å². The number of nitrogens with zero attached hydrogens (tertiary/aromatic N) is 1. The van der Waals surface area contributed by atoms with Crippen LogP contribution in [-0.2, 0) is 10.9 Å².